The summed E-state index contributed by atoms with van der Waals surface area (Å²) in [5, 5.41) is 26.6. The Kier molecular flexibility index (Phi) is 9.40. The molecule has 0 aliphatic rings. The van der Waals surface area contributed by atoms with Crippen LogP contribution in [-0.4, -0.2) is 88.3 Å². The van der Waals surface area contributed by atoms with E-state index >= 15 is 0 Å². The largest absolute Gasteiger partial charge is 0.480 e. The molecular weight excluding hydrogens is 374 g/mol. The van der Waals surface area contributed by atoms with E-state index in [4.69, 9.17) is 25.8 Å². The Bertz CT molecular complexity index is 676. The number of rotatable bonds is 13. The highest BCUT2D eigenvalue weighted by atomic mass is 16.5. The number of ether oxygens (including phenoxy) is 1. The van der Waals surface area contributed by atoms with Crippen LogP contribution >= 0.6 is 0 Å². The van der Waals surface area contributed by atoms with E-state index in [-0.39, 0.29) is 26.2 Å². The van der Waals surface area contributed by atoms with Gasteiger partial charge in [-0.25, -0.2) is 0 Å². The number of hydrogen-bond acceptors (Lipinski definition) is 8. The Morgan fingerprint density at radius 2 is 1.21 bits per heavy atom. The number of aliphatic carboxylic acids is 3. The topological polar surface area (TPSA) is 171 Å². The summed E-state index contributed by atoms with van der Waals surface area (Å²) < 4.78 is 5.10. The van der Waals surface area contributed by atoms with Crippen molar-refractivity contribution in [3.63, 3.8) is 0 Å². The fourth-order valence-electron chi connectivity index (χ4n) is 2.29. The summed E-state index contributed by atoms with van der Waals surface area (Å²) in [6, 6.07) is 6.68. The number of carbonyl (C=O) groups is 4. The van der Waals surface area contributed by atoms with Crippen LogP contribution in [0.5, 0.6) is 0 Å². The molecule has 0 aliphatic carbocycles. The molecule has 0 unspecified atom stereocenters. The third-order valence-corrected chi connectivity index (χ3v) is 3.54. The van der Waals surface area contributed by atoms with Gasteiger partial charge >= 0.3 is 23.9 Å². The number of carboxylic acids is 3. The van der Waals surface area contributed by atoms with Crippen LogP contribution in [0.1, 0.15) is 5.56 Å². The van der Waals surface area contributed by atoms with Crippen molar-refractivity contribution in [3.8, 4) is 0 Å². The Labute approximate surface area is 160 Å². The van der Waals surface area contributed by atoms with E-state index in [0.717, 1.165) is 4.90 Å². The maximum Gasteiger partial charge on any atom is 0.320 e. The first kappa shape index (κ1) is 22.9. The molecule has 0 saturated carbocycles. The second-order valence-corrected chi connectivity index (χ2v) is 6.00. The molecule has 0 amide bonds. The summed E-state index contributed by atoms with van der Waals surface area (Å²) >= 11 is 0. The molecule has 0 aromatic heterocycles. The number of carbonyl (C=O) groups excluding carboxylic acids is 1. The lowest BCUT2D eigenvalue weighted by atomic mass is 10.2. The highest BCUT2D eigenvalue weighted by Gasteiger charge is 2.19. The van der Waals surface area contributed by atoms with Crippen LogP contribution < -0.4 is 5.73 Å². The Hall–Kier alpha value is -3.18. The minimum atomic E-state index is -1.21. The fraction of sp³-hybridized carbons (Fsp3) is 0.412. The van der Waals surface area contributed by atoms with E-state index in [1.165, 1.54) is 4.90 Å². The Morgan fingerprint density at radius 1 is 0.786 bits per heavy atom. The number of benzene rings is 1. The zero-order valence-corrected chi connectivity index (χ0v) is 15.1. The Morgan fingerprint density at radius 3 is 1.64 bits per heavy atom. The molecule has 0 atom stereocenters. The maximum absolute atomic E-state index is 12.0. The fourth-order valence-corrected chi connectivity index (χ4v) is 2.29. The second kappa shape index (κ2) is 11.5. The lowest BCUT2D eigenvalue weighted by molar-refractivity contribution is -0.149. The van der Waals surface area contributed by atoms with Crippen LogP contribution in [0.15, 0.2) is 24.3 Å². The minimum absolute atomic E-state index is 0.00974. The molecule has 5 N–H and O–H groups in total. The van der Waals surface area contributed by atoms with Gasteiger partial charge in [0, 0.05) is 18.8 Å². The molecule has 0 aliphatic heterocycles. The van der Waals surface area contributed by atoms with E-state index < -0.39 is 43.5 Å². The molecule has 28 heavy (non-hydrogen) atoms. The average Bonchev–Trinajstić information content (AvgIpc) is 2.57. The van der Waals surface area contributed by atoms with Gasteiger partial charge in [0.1, 0.15) is 6.61 Å². The predicted octanol–water partition coefficient (Wildman–Crippen LogP) is -0.830. The van der Waals surface area contributed by atoms with Crippen LogP contribution in [0.2, 0.25) is 0 Å². The number of nitrogens with two attached hydrogens (primary N) is 1. The normalized spacial score (nSPS) is 10.8. The monoisotopic (exact) mass is 397 g/mol. The van der Waals surface area contributed by atoms with Crippen molar-refractivity contribution in [1.29, 1.82) is 0 Å². The van der Waals surface area contributed by atoms with Crippen molar-refractivity contribution < 1.29 is 39.2 Å². The number of esters is 1. The zero-order valence-electron chi connectivity index (χ0n) is 15.1. The highest BCUT2D eigenvalue weighted by molar-refractivity contribution is 5.74. The van der Waals surface area contributed by atoms with Crippen molar-refractivity contribution in [2.75, 3.05) is 45.0 Å². The van der Waals surface area contributed by atoms with Crippen LogP contribution in [-0.2, 0) is 30.5 Å². The third-order valence-electron chi connectivity index (χ3n) is 3.54. The quantitative estimate of drug-likeness (QED) is 0.242. The molecule has 0 radical (unpaired) electrons. The second-order valence-electron chi connectivity index (χ2n) is 6.00. The smallest absolute Gasteiger partial charge is 0.320 e. The third kappa shape index (κ3) is 10.1. The predicted molar refractivity (Wildman–Crippen MR) is 96.4 cm³/mol. The summed E-state index contributed by atoms with van der Waals surface area (Å²) in [6.07, 6.45) is 0. The number of nitrogens with zero attached hydrogens (tertiary/aromatic N) is 2. The molecule has 1 rings (SSSR count). The summed E-state index contributed by atoms with van der Waals surface area (Å²) in [4.78, 5) is 47.0. The number of hydrogen-bond donors (Lipinski definition) is 4. The molecular formula is C17H23N3O8. The zero-order chi connectivity index (χ0) is 21.1. The van der Waals surface area contributed by atoms with Gasteiger partial charge in [-0.2, -0.15) is 0 Å². The van der Waals surface area contributed by atoms with Gasteiger partial charge < -0.3 is 25.8 Å². The first-order valence-corrected chi connectivity index (χ1v) is 8.26. The first-order chi connectivity index (χ1) is 13.2. The SMILES string of the molecule is Nc1ccc(COC(=O)CN(CCN(CC(=O)O)CC(=O)O)CC(=O)O)cc1. The minimum Gasteiger partial charge on any atom is -0.480 e. The van der Waals surface area contributed by atoms with Gasteiger partial charge in [0.15, 0.2) is 0 Å². The van der Waals surface area contributed by atoms with Gasteiger partial charge in [-0.3, -0.25) is 29.0 Å². The van der Waals surface area contributed by atoms with E-state index in [9.17, 15) is 19.2 Å². The number of nitrogen functional groups attached to an aromatic ring is 1. The molecule has 0 saturated heterocycles. The van der Waals surface area contributed by atoms with E-state index in [1.807, 2.05) is 0 Å². The molecule has 11 heteroatoms. The molecule has 0 bridgehead atoms. The summed E-state index contributed by atoms with van der Waals surface area (Å²) in [5.74, 6) is -4.28. The molecule has 0 fully saturated rings. The van der Waals surface area contributed by atoms with Crippen molar-refractivity contribution in [1.82, 2.24) is 9.80 Å². The van der Waals surface area contributed by atoms with Crippen LogP contribution in [0, 0.1) is 0 Å². The van der Waals surface area contributed by atoms with E-state index in [2.05, 4.69) is 0 Å². The summed E-state index contributed by atoms with van der Waals surface area (Å²) in [7, 11) is 0. The van der Waals surface area contributed by atoms with Crippen molar-refractivity contribution in [2.45, 2.75) is 6.61 Å². The molecule has 1 aromatic carbocycles. The average molecular weight is 397 g/mol. The van der Waals surface area contributed by atoms with Gasteiger partial charge in [-0.15, -0.1) is 0 Å². The summed E-state index contributed by atoms with van der Waals surface area (Å²) in [6.45, 7) is -1.94. The van der Waals surface area contributed by atoms with Gasteiger partial charge in [0.05, 0.1) is 26.2 Å². The summed E-state index contributed by atoms with van der Waals surface area (Å²) in [5.41, 5.74) is 6.84. The van der Waals surface area contributed by atoms with Crippen LogP contribution in [0.25, 0.3) is 0 Å². The molecule has 1 aromatic rings. The number of carboxylic acid groups (broad SMARTS) is 3. The van der Waals surface area contributed by atoms with Gasteiger partial charge in [0.25, 0.3) is 0 Å². The highest BCUT2D eigenvalue weighted by Crippen LogP contribution is 2.07. The van der Waals surface area contributed by atoms with Crippen molar-refractivity contribution >= 4 is 29.6 Å². The first-order valence-electron chi connectivity index (χ1n) is 8.26. The molecule has 154 valence electrons. The van der Waals surface area contributed by atoms with Gasteiger partial charge in [-0.05, 0) is 17.7 Å². The number of anilines is 1. The van der Waals surface area contributed by atoms with E-state index in [1.54, 1.807) is 24.3 Å². The molecule has 0 heterocycles. The molecule has 11 nitrogen and oxygen atoms in total. The lowest BCUT2D eigenvalue weighted by Gasteiger charge is -2.24. The Balaban J connectivity index is 2.58. The van der Waals surface area contributed by atoms with Crippen LogP contribution in [0.4, 0.5) is 5.69 Å². The maximum atomic E-state index is 12.0. The standard InChI is InChI=1S/C17H23N3O8/c18-13-3-1-12(2-4-13)11-28-17(27)10-20(9-16(25)26)6-5-19(7-14(21)22)8-15(23)24/h1-4H,5-11,18H2,(H,21,22)(H,23,24)(H,25,26). The van der Waals surface area contributed by atoms with Crippen molar-refractivity contribution in [3.05, 3.63) is 29.8 Å². The molecule has 0 spiro atoms. The van der Waals surface area contributed by atoms with Gasteiger partial charge in [-0.1, -0.05) is 12.1 Å². The van der Waals surface area contributed by atoms with Gasteiger partial charge in [0.2, 0.25) is 0 Å². The lowest BCUT2D eigenvalue weighted by Crippen LogP contribution is -2.43. The van der Waals surface area contributed by atoms with Crippen LogP contribution in [0.3, 0.4) is 0 Å². The van der Waals surface area contributed by atoms with Crippen molar-refractivity contribution in [2.24, 2.45) is 0 Å². The van der Waals surface area contributed by atoms with E-state index in [0.29, 0.717) is 11.3 Å².